The topological polar surface area (TPSA) is 15.3 Å². The van der Waals surface area contributed by atoms with Crippen LogP contribution < -0.4 is 5.32 Å². The number of nitrogens with zero attached hydrogens (tertiary/aromatic N) is 1. The van der Waals surface area contributed by atoms with Gasteiger partial charge in [-0.1, -0.05) is 60.8 Å². The maximum Gasteiger partial charge on any atom is 0.0246 e. The molecule has 0 fully saturated rings. The molecule has 2 nitrogen and oxygen atoms in total. The fourth-order valence-electron chi connectivity index (χ4n) is 3.18. The van der Waals surface area contributed by atoms with E-state index in [9.17, 15) is 0 Å². The van der Waals surface area contributed by atoms with Crippen molar-refractivity contribution in [3.05, 3.63) is 0 Å². The van der Waals surface area contributed by atoms with Crippen LogP contribution in [0.15, 0.2) is 0 Å². The molecule has 0 heterocycles. The highest BCUT2D eigenvalue weighted by molar-refractivity contribution is 4.84. The number of likely N-dealkylation sites (N-methyl/N-ethyl adjacent to an activating group) is 2. The molecule has 0 saturated heterocycles. The summed E-state index contributed by atoms with van der Waals surface area (Å²) in [6.07, 6.45) is 6.44. The van der Waals surface area contributed by atoms with E-state index in [1.165, 1.54) is 45.2 Å². The van der Waals surface area contributed by atoms with Crippen molar-refractivity contribution in [3.8, 4) is 0 Å². The van der Waals surface area contributed by atoms with Crippen molar-refractivity contribution < 1.29 is 0 Å². The molecule has 0 aliphatic carbocycles. The minimum atomic E-state index is 0.661. The van der Waals surface area contributed by atoms with Crippen molar-refractivity contribution in [1.82, 2.24) is 10.2 Å². The largest absolute Gasteiger partial charge is 0.313 e. The first-order valence-electron chi connectivity index (χ1n) is 8.65. The van der Waals surface area contributed by atoms with Crippen LogP contribution >= 0.6 is 0 Å². The Morgan fingerprint density at radius 2 is 1.53 bits per heavy atom. The van der Waals surface area contributed by atoms with Gasteiger partial charge in [0.1, 0.15) is 0 Å². The van der Waals surface area contributed by atoms with Crippen molar-refractivity contribution in [2.75, 3.05) is 19.6 Å². The molecular weight excluding hydrogens is 232 g/mol. The standard InChI is InChI=1S/C17H38N2/c1-7-13-16(18-11-5)17(10-4)19(12-6)14-15(8-2)9-3/h15-18H,7-14H2,1-6H3. The van der Waals surface area contributed by atoms with Crippen LogP contribution in [0.25, 0.3) is 0 Å². The van der Waals surface area contributed by atoms with E-state index in [0.29, 0.717) is 12.1 Å². The predicted molar refractivity (Wildman–Crippen MR) is 87.8 cm³/mol. The predicted octanol–water partition coefficient (Wildman–Crippen LogP) is 4.30. The molecule has 0 aliphatic rings. The van der Waals surface area contributed by atoms with E-state index < -0.39 is 0 Å². The van der Waals surface area contributed by atoms with Crippen molar-refractivity contribution >= 4 is 0 Å². The molecule has 0 aromatic carbocycles. The first-order valence-corrected chi connectivity index (χ1v) is 8.65. The van der Waals surface area contributed by atoms with Crippen molar-refractivity contribution in [1.29, 1.82) is 0 Å². The Labute approximate surface area is 122 Å². The average molecular weight is 271 g/mol. The molecule has 19 heavy (non-hydrogen) atoms. The zero-order valence-electron chi connectivity index (χ0n) is 14.3. The molecule has 0 saturated carbocycles. The molecule has 2 atom stereocenters. The highest BCUT2D eigenvalue weighted by Gasteiger charge is 2.25. The highest BCUT2D eigenvalue weighted by Crippen LogP contribution is 2.18. The van der Waals surface area contributed by atoms with E-state index in [4.69, 9.17) is 0 Å². The van der Waals surface area contributed by atoms with Gasteiger partial charge in [-0.2, -0.15) is 0 Å². The molecule has 0 aliphatic heterocycles. The van der Waals surface area contributed by atoms with E-state index in [-0.39, 0.29) is 0 Å². The SMILES string of the molecule is CCCC(NCC)C(CC)N(CC)CC(CC)CC. The zero-order valence-corrected chi connectivity index (χ0v) is 14.3. The highest BCUT2D eigenvalue weighted by atomic mass is 15.2. The summed E-state index contributed by atoms with van der Waals surface area (Å²) >= 11 is 0. The van der Waals surface area contributed by atoms with Crippen LogP contribution in [-0.2, 0) is 0 Å². The Balaban J connectivity index is 4.71. The molecule has 0 amide bonds. The Bertz CT molecular complexity index is 184. The zero-order chi connectivity index (χ0) is 14.7. The summed E-state index contributed by atoms with van der Waals surface area (Å²) in [6.45, 7) is 17.4. The molecule has 0 spiro atoms. The summed E-state index contributed by atoms with van der Waals surface area (Å²) in [5.41, 5.74) is 0. The summed E-state index contributed by atoms with van der Waals surface area (Å²) in [5, 5.41) is 3.72. The van der Waals surface area contributed by atoms with Crippen molar-refractivity contribution in [3.63, 3.8) is 0 Å². The fraction of sp³-hybridized carbons (Fsp3) is 1.00. The number of hydrogen-bond acceptors (Lipinski definition) is 2. The van der Waals surface area contributed by atoms with Gasteiger partial charge in [0.2, 0.25) is 0 Å². The lowest BCUT2D eigenvalue weighted by Crippen LogP contribution is -2.51. The van der Waals surface area contributed by atoms with E-state index in [0.717, 1.165) is 12.5 Å². The minimum Gasteiger partial charge on any atom is -0.313 e. The lowest BCUT2D eigenvalue weighted by atomic mass is 9.96. The third kappa shape index (κ3) is 6.76. The maximum absolute atomic E-state index is 3.72. The second kappa shape index (κ2) is 11.7. The van der Waals surface area contributed by atoms with Gasteiger partial charge in [-0.3, -0.25) is 4.90 Å². The van der Waals surface area contributed by atoms with Gasteiger partial charge in [-0.25, -0.2) is 0 Å². The van der Waals surface area contributed by atoms with Gasteiger partial charge in [-0.15, -0.1) is 0 Å². The molecule has 0 aromatic heterocycles. The Hall–Kier alpha value is -0.0800. The van der Waals surface area contributed by atoms with Gasteiger partial charge >= 0.3 is 0 Å². The second-order valence-corrected chi connectivity index (χ2v) is 5.70. The lowest BCUT2D eigenvalue weighted by molar-refractivity contribution is 0.129. The molecular formula is C17H38N2. The lowest BCUT2D eigenvalue weighted by Gasteiger charge is -2.38. The Morgan fingerprint density at radius 3 is 1.89 bits per heavy atom. The smallest absolute Gasteiger partial charge is 0.0246 e. The maximum atomic E-state index is 3.72. The average Bonchev–Trinajstić information content (AvgIpc) is 2.43. The van der Waals surface area contributed by atoms with Crippen LogP contribution in [-0.4, -0.2) is 36.6 Å². The first kappa shape index (κ1) is 18.9. The number of rotatable bonds is 12. The number of nitrogens with one attached hydrogen (secondary N) is 1. The summed E-state index contributed by atoms with van der Waals surface area (Å²) in [6, 6.07) is 1.36. The van der Waals surface area contributed by atoms with Gasteiger partial charge in [0.15, 0.2) is 0 Å². The summed E-state index contributed by atoms with van der Waals surface area (Å²) in [5.74, 6) is 0.859. The quantitative estimate of drug-likeness (QED) is 0.569. The third-order valence-electron chi connectivity index (χ3n) is 4.47. The third-order valence-corrected chi connectivity index (χ3v) is 4.47. The van der Waals surface area contributed by atoms with Gasteiger partial charge < -0.3 is 5.32 Å². The number of hydrogen-bond donors (Lipinski definition) is 1. The fourth-order valence-corrected chi connectivity index (χ4v) is 3.18. The molecule has 2 unspecified atom stereocenters. The molecule has 2 heteroatoms. The van der Waals surface area contributed by atoms with Crippen LogP contribution in [0, 0.1) is 5.92 Å². The minimum absolute atomic E-state index is 0.661. The molecule has 0 aromatic rings. The summed E-state index contributed by atoms with van der Waals surface area (Å²) in [7, 11) is 0. The summed E-state index contributed by atoms with van der Waals surface area (Å²) in [4.78, 5) is 2.72. The van der Waals surface area contributed by atoms with Gasteiger partial charge in [0, 0.05) is 18.6 Å². The molecule has 1 N–H and O–H groups in total. The van der Waals surface area contributed by atoms with Gasteiger partial charge in [0.05, 0.1) is 0 Å². The van der Waals surface area contributed by atoms with E-state index in [2.05, 4.69) is 51.8 Å². The Kier molecular flexibility index (Phi) is 11.7. The van der Waals surface area contributed by atoms with E-state index in [1.54, 1.807) is 0 Å². The van der Waals surface area contributed by atoms with Gasteiger partial charge in [-0.05, 0) is 31.8 Å². The normalized spacial score (nSPS) is 15.2. The monoisotopic (exact) mass is 270 g/mol. The van der Waals surface area contributed by atoms with Crippen LogP contribution in [0.2, 0.25) is 0 Å². The van der Waals surface area contributed by atoms with Crippen molar-refractivity contribution in [2.45, 2.75) is 85.7 Å². The molecule has 116 valence electrons. The van der Waals surface area contributed by atoms with E-state index >= 15 is 0 Å². The van der Waals surface area contributed by atoms with Crippen molar-refractivity contribution in [2.24, 2.45) is 5.92 Å². The first-order chi connectivity index (χ1) is 9.18. The van der Waals surface area contributed by atoms with Crippen LogP contribution in [0.5, 0.6) is 0 Å². The van der Waals surface area contributed by atoms with Crippen LogP contribution in [0.1, 0.15) is 73.6 Å². The summed E-state index contributed by atoms with van der Waals surface area (Å²) < 4.78 is 0. The molecule has 0 radical (unpaired) electrons. The molecule has 0 rings (SSSR count). The Morgan fingerprint density at radius 1 is 0.895 bits per heavy atom. The van der Waals surface area contributed by atoms with Crippen LogP contribution in [0.3, 0.4) is 0 Å². The van der Waals surface area contributed by atoms with E-state index in [1.807, 2.05) is 0 Å². The second-order valence-electron chi connectivity index (χ2n) is 5.70. The van der Waals surface area contributed by atoms with Gasteiger partial charge in [0.25, 0.3) is 0 Å². The molecule has 0 bridgehead atoms. The van der Waals surface area contributed by atoms with Crippen LogP contribution in [0.4, 0.5) is 0 Å².